The van der Waals surface area contributed by atoms with Crippen LogP contribution in [0.1, 0.15) is 19.8 Å². The maximum atomic E-state index is 4.50. The van der Waals surface area contributed by atoms with E-state index in [1.807, 2.05) is 11.8 Å². The van der Waals surface area contributed by atoms with E-state index in [-0.39, 0.29) is 0 Å². The highest BCUT2D eigenvalue weighted by molar-refractivity contribution is 7.98. The molecule has 2 aromatic heterocycles. The molecular formula is C12H20N6S. The zero-order valence-corrected chi connectivity index (χ0v) is 12.2. The molecule has 0 aliphatic rings. The third-order valence-electron chi connectivity index (χ3n) is 2.64. The summed E-state index contributed by atoms with van der Waals surface area (Å²) >= 11 is 1.85. The van der Waals surface area contributed by atoms with Crippen molar-refractivity contribution in [3.63, 3.8) is 0 Å². The monoisotopic (exact) mass is 280 g/mol. The topological polar surface area (TPSA) is 78.5 Å². The van der Waals surface area contributed by atoms with Gasteiger partial charge in [0.05, 0.1) is 6.33 Å². The van der Waals surface area contributed by atoms with Crippen molar-refractivity contribution in [3.05, 3.63) is 6.33 Å². The maximum Gasteiger partial charge on any atom is 0.226 e. The van der Waals surface area contributed by atoms with E-state index in [4.69, 9.17) is 0 Å². The fourth-order valence-electron chi connectivity index (χ4n) is 1.70. The van der Waals surface area contributed by atoms with E-state index in [0.29, 0.717) is 11.6 Å². The number of anilines is 2. The summed E-state index contributed by atoms with van der Waals surface area (Å²) in [6, 6.07) is 0. The Morgan fingerprint density at radius 3 is 2.95 bits per heavy atom. The van der Waals surface area contributed by atoms with Crippen LogP contribution in [-0.2, 0) is 0 Å². The summed E-state index contributed by atoms with van der Waals surface area (Å²) in [5, 5.41) is 6.55. The number of imidazole rings is 1. The first-order valence-corrected chi connectivity index (χ1v) is 7.92. The molecule has 19 heavy (non-hydrogen) atoms. The number of rotatable bonds is 8. The molecule has 0 bridgehead atoms. The third kappa shape index (κ3) is 3.73. The first-order chi connectivity index (χ1) is 9.35. The highest BCUT2D eigenvalue weighted by atomic mass is 32.2. The number of thioether (sulfide) groups is 1. The van der Waals surface area contributed by atoms with Crippen LogP contribution in [-0.4, -0.2) is 45.0 Å². The molecule has 7 heteroatoms. The fourth-order valence-corrected chi connectivity index (χ4v) is 2.13. The quantitative estimate of drug-likeness (QED) is 0.644. The number of aromatic amines is 1. The number of nitrogens with zero attached hydrogens (tertiary/aromatic N) is 3. The lowest BCUT2D eigenvalue weighted by Crippen LogP contribution is -2.09. The summed E-state index contributed by atoms with van der Waals surface area (Å²) in [7, 11) is 0. The smallest absolute Gasteiger partial charge is 0.226 e. The van der Waals surface area contributed by atoms with E-state index in [0.717, 1.165) is 43.0 Å². The Balaban J connectivity index is 2.12. The van der Waals surface area contributed by atoms with E-state index in [1.165, 1.54) is 0 Å². The Hall–Kier alpha value is -1.50. The molecule has 0 aliphatic carbocycles. The second-order valence-corrected chi connectivity index (χ2v) is 5.18. The third-order valence-corrected chi connectivity index (χ3v) is 3.33. The molecule has 2 rings (SSSR count). The van der Waals surface area contributed by atoms with E-state index in [2.05, 4.69) is 43.7 Å². The van der Waals surface area contributed by atoms with Gasteiger partial charge in [-0.25, -0.2) is 4.98 Å². The summed E-state index contributed by atoms with van der Waals surface area (Å²) < 4.78 is 0. The van der Waals surface area contributed by atoms with Gasteiger partial charge in [-0.3, -0.25) is 0 Å². The molecule has 0 spiro atoms. The molecule has 6 nitrogen and oxygen atoms in total. The van der Waals surface area contributed by atoms with E-state index in [9.17, 15) is 0 Å². The molecule has 0 aromatic carbocycles. The standard InChI is InChI=1S/C12H20N6S/c1-3-5-14-12-17-10(13-6-4-7-19-2)9-11(18-12)16-8-15-9/h8H,3-7H2,1-2H3,(H3,13,14,15,16,17,18). The van der Waals surface area contributed by atoms with E-state index >= 15 is 0 Å². The molecule has 0 aliphatic heterocycles. The Labute approximate surface area is 117 Å². The van der Waals surface area contributed by atoms with Gasteiger partial charge in [0.25, 0.3) is 0 Å². The molecule has 0 atom stereocenters. The molecule has 0 saturated heterocycles. The lowest BCUT2D eigenvalue weighted by Gasteiger charge is -2.08. The Bertz CT molecular complexity index is 512. The lowest BCUT2D eigenvalue weighted by atomic mass is 10.4. The van der Waals surface area contributed by atoms with Crippen molar-refractivity contribution in [2.45, 2.75) is 19.8 Å². The van der Waals surface area contributed by atoms with Gasteiger partial charge >= 0.3 is 0 Å². The maximum absolute atomic E-state index is 4.50. The number of hydrogen-bond acceptors (Lipinski definition) is 6. The minimum Gasteiger partial charge on any atom is -0.368 e. The SMILES string of the molecule is CCCNc1nc(NCCCSC)c2[nH]cnc2n1. The summed E-state index contributed by atoms with van der Waals surface area (Å²) in [5.74, 6) is 2.60. The van der Waals surface area contributed by atoms with Crippen molar-refractivity contribution < 1.29 is 0 Å². The van der Waals surface area contributed by atoms with Gasteiger partial charge < -0.3 is 15.6 Å². The van der Waals surface area contributed by atoms with Crippen LogP contribution in [0.2, 0.25) is 0 Å². The van der Waals surface area contributed by atoms with Gasteiger partial charge in [-0.15, -0.1) is 0 Å². The van der Waals surface area contributed by atoms with Gasteiger partial charge in [0.2, 0.25) is 5.95 Å². The second-order valence-electron chi connectivity index (χ2n) is 4.20. The van der Waals surface area contributed by atoms with E-state index in [1.54, 1.807) is 6.33 Å². The van der Waals surface area contributed by atoms with Gasteiger partial charge in [-0.1, -0.05) is 6.92 Å². The van der Waals surface area contributed by atoms with E-state index < -0.39 is 0 Å². The molecule has 104 valence electrons. The minimum atomic E-state index is 0.633. The van der Waals surface area contributed by atoms with Crippen molar-refractivity contribution in [1.29, 1.82) is 0 Å². The van der Waals surface area contributed by atoms with Crippen molar-refractivity contribution >= 4 is 34.7 Å². The van der Waals surface area contributed by atoms with Gasteiger partial charge in [0.1, 0.15) is 5.52 Å². The number of hydrogen-bond donors (Lipinski definition) is 3. The molecule has 0 fully saturated rings. The highest BCUT2D eigenvalue weighted by Crippen LogP contribution is 2.18. The van der Waals surface area contributed by atoms with Crippen LogP contribution in [0.15, 0.2) is 6.33 Å². The summed E-state index contributed by atoms with van der Waals surface area (Å²) in [6.45, 7) is 3.88. The first kappa shape index (κ1) is 13.9. The zero-order chi connectivity index (χ0) is 13.5. The molecule has 0 radical (unpaired) electrons. The average Bonchev–Trinajstić information content (AvgIpc) is 2.89. The number of fused-ring (bicyclic) bond motifs is 1. The average molecular weight is 280 g/mol. The van der Waals surface area contributed by atoms with Crippen molar-refractivity contribution in [1.82, 2.24) is 19.9 Å². The number of nitrogens with one attached hydrogen (secondary N) is 3. The second kappa shape index (κ2) is 7.18. The first-order valence-electron chi connectivity index (χ1n) is 6.53. The minimum absolute atomic E-state index is 0.633. The molecule has 2 heterocycles. The van der Waals surface area contributed by atoms with Crippen molar-refractivity contribution in [2.24, 2.45) is 0 Å². The van der Waals surface area contributed by atoms with Crippen LogP contribution in [0.4, 0.5) is 11.8 Å². The Kier molecular flexibility index (Phi) is 5.26. The lowest BCUT2D eigenvalue weighted by molar-refractivity contribution is 0.948. The van der Waals surface area contributed by atoms with Crippen LogP contribution in [0.5, 0.6) is 0 Å². The highest BCUT2D eigenvalue weighted by Gasteiger charge is 2.08. The van der Waals surface area contributed by atoms with Crippen LogP contribution < -0.4 is 10.6 Å². The van der Waals surface area contributed by atoms with Crippen LogP contribution in [0, 0.1) is 0 Å². The number of H-pyrrole nitrogens is 1. The summed E-state index contributed by atoms with van der Waals surface area (Å²) in [5.41, 5.74) is 1.56. The van der Waals surface area contributed by atoms with Crippen molar-refractivity contribution in [2.75, 3.05) is 35.7 Å². The molecule has 0 saturated carbocycles. The molecular weight excluding hydrogens is 260 g/mol. The molecule has 0 unspecified atom stereocenters. The zero-order valence-electron chi connectivity index (χ0n) is 11.4. The fraction of sp³-hybridized carbons (Fsp3) is 0.583. The molecule has 3 N–H and O–H groups in total. The predicted octanol–water partition coefficient (Wildman–Crippen LogP) is 2.34. The van der Waals surface area contributed by atoms with Gasteiger partial charge in [-0.05, 0) is 24.9 Å². The largest absolute Gasteiger partial charge is 0.368 e. The molecule has 0 amide bonds. The van der Waals surface area contributed by atoms with Crippen molar-refractivity contribution in [3.8, 4) is 0 Å². The normalized spacial score (nSPS) is 10.8. The van der Waals surface area contributed by atoms with Gasteiger partial charge in [0, 0.05) is 13.1 Å². The summed E-state index contributed by atoms with van der Waals surface area (Å²) in [4.78, 5) is 16.1. The Morgan fingerprint density at radius 2 is 2.16 bits per heavy atom. The van der Waals surface area contributed by atoms with Gasteiger partial charge in [-0.2, -0.15) is 21.7 Å². The van der Waals surface area contributed by atoms with Crippen LogP contribution >= 0.6 is 11.8 Å². The van der Waals surface area contributed by atoms with Gasteiger partial charge in [0.15, 0.2) is 11.5 Å². The number of aromatic nitrogens is 4. The van der Waals surface area contributed by atoms with Crippen LogP contribution in [0.25, 0.3) is 11.2 Å². The summed E-state index contributed by atoms with van der Waals surface area (Å²) in [6.07, 6.45) is 5.91. The van der Waals surface area contributed by atoms with Crippen LogP contribution in [0.3, 0.4) is 0 Å². The Morgan fingerprint density at radius 1 is 1.26 bits per heavy atom. The molecule has 2 aromatic rings. The predicted molar refractivity (Wildman–Crippen MR) is 82.0 cm³/mol.